The maximum absolute atomic E-state index is 9.17. The molecule has 0 unspecified atom stereocenters. The van der Waals surface area contributed by atoms with Crippen LogP contribution in [0, 0.1) is 0 Å². The van der Waals surface area contributed by atoms with Gasteiger partial charge in [0.05, 0.1) is 13.2 Å². The predicted molar refractivity (Wildman–Crippen MR) is 58.0 cm³/mol. The number of benzene rings is 1. The van der Waals surface area contributed by atoms with E-state index in [9.17, 15) is 5.11 Å². The van der Waals surface area contributed by atoms with Crippen LogP contribution in [0.3, 0.4) is 0 Å². The van der Waals surface area contributed by atoms with E-state index in [1.54, 1.807) is 20.1 Å². The van der Waals surface area contributed by atoms with E-state index in [1.807, 2.05) is 12.1 Å². The SMILES string of the molecule is COc1ccc(Cl)cc1CC[C@H](C)O. The molecule has 0 spiro atoms. The number of aryl methyl sites for hydroxylation is 1. The summed E-state index contributed by atoms with van der Waals surface area (Å²) in [6, 6.07) is 5.52. The summed E-state index contributed by atoms with van der Waals surface area (Å²) in [5, 5.41) is 9.87. The van der Waals surface area contributed by atoms with E-state index in [0.29, 0.717) is 5.02 Å². The Labute approximate surface area is 89.5 Å². The summed E-state index contributed by atoms with van der Waals surface area (Å²) in [6.07, 6.45) is 1.21. The van der Waals surface area contributed by atoms with Gasteiger partial charge in [-0.3, -0.25) is 0 Å². The van der Waals surface area contributed by atoms with Gasteiger partial charge >= 0.3 is 0 Å². The molecule has 0 aliphatic rings. The molecule has 0 saturated heterocycles. The van der Waals surface area contributed by atoms with Crippen molar-refractivity contribution in [1.29, 1.82) is 0 Å². The summed E-state index contributed by atoms with van der Waals surface area (Å²) >= 11 is 5.87. The minimum atomic E-state index is -0.293. The lowest BCUT2D eigenvalue weighted by Gasteiger charge is -2.09. The van der Waals surface area contributed by atoms with E-state index >= 15 is 0 Å². The zero-order chi connectivity index (χ0) is 10.6. The minimum Gasteiger partial charge on any atom is -0.496 e. The Bertz CT molecular complexity index is 297. The molecule has 0 aromatic heterocycles. The van der Waals surface area contributed by atoms with E-state index in [1.165, 1.54) is 0 Å². The quantitative estimate of drug-likeness (QED) is 0.835. The third-order valence-electron chi connectivity index (χ3n) is 2.07. The number of halogens is 1. The number of hydrogen-bond donors (Lipinski definition) is 1. The van der Waals surface area contributed by atoms with Crippen molar-refractivity contribution in [3.05, 3.63) is 28.8 Å². The highest BCUT2D eigenvalue weighted by atomic mass is 35.5. The molecule has 1 atom stereocenters. The van der Waals surface area contributed by atoms with Gasteiger partial charge in [-0.1, -0.05) is 11.6 Å². The van der Waals surface area contributed by atoms with Crippen LogP contribution in [-0.4, -0.2) is 18.3 Å². The molecule has 0 bridgehead atoms. The fourth-order valence-electron chi connectivity index (χ4n) is 1.31. The standard InChI is InChI=1S/C11H15ClO2/c1-8(13)3-4-9-7-10(12)5-6-11(9)14-2/h5-8,13H,3-4H2,1-2H3/t8-/m0/s1. The number of ether oxygens (including phenoxy) is 1. The Morgan fingerprint density at radius 3 is 2.79 bits per heavy atom. The summed E-state index contributed by atoms with van der Waals surface area (Å²) in [4.78, 5) is 0. The smallest absolute Gasteiger partial charge is 0.122 e. The van der Waals surface area contributed by atoms with Crippen LogP contribution >= 0.6 is 11.6 Å². The van der Waals surface area contributed by atoms with E-state index in [4.69, 9.17) is 16.3 Å². The van der Waals surface area contributed by atoms with Gasteiger partial charge in [0, 0.05) is 5.02 Å². The average molecular weight is 215 g/mol. The molecule has 0 radical (unpaired) electrons. The zero-order valence-corrected chi connectivity index (χ0v) is 9.21. The lowest BCUT2D eigenvalue weighted by Crippen LogP contribution is -2.02. The monoisotopic (exact) mass is 214 g/mol. The molecular weight excluding hydrogens is 200 g/mol. The first-order chi connectivity index (χ1) is 6.63. The van der Waals surface area contributed by atoms with Gasteiger partial charge in [0.2, 0.25) is 0 Å². The third kappa shape index (κ3) is 3.20. The first kappa shape index (κ1) is 11.3. The first-order valence-electron chi connectivity index (χ1n) is 4.64. The molecule has 78 valence electrons. The van der Waals surface area contributed by atoms with Gasteiger partial charge in [0.15, 0.2) is 0 Å². The maximum Gasteiger partial charge on any atom is 0.122 e. The molecule has 14 heavy (non-hydrogen) atoms. The van der Waals surface area contributed by atoms with Crippen LogP contribution in [-0.2, 0) is 6.42 Å². The summed E-state index contributed by atoms with van der Waals surface area (Å²) < 4.78 is 5.19. The predicted octanol–water partition coefficient (Wildman–Crippen LogP) is 2.66. The van der Waals surface area contributed by atoms with Gasteiger partial charge in [-0.15, -0.1) is 0 Å². The zero-order valence-electron chi connectivity index (χ0n) is 8.46. The largest absolute Gasteiger partial charge is 0.496 e. The Balaban J connectivity index is 2.77. The van der Waals surface area contributed by atoms with Crippen LogP contribution in [0.2, 0.25) is 5.02 Å². The molecule has 2 nitrogen and oxygen atoms in total. The topological polar surface area (TPSA) is 29.5 Å². The summed E-state index contributed by atoms with van der Waals surface area (Å²) in [5.74, 6) is 0.829. The minimum absolute atomic E-state index is 0.293. The van der Waals surface area contributed by atoms with Crippen molar-refractivity contribution in [2.45, 2.75) is 25.9 Å². The molecule has 1 rings (SSSR count). The molecule has 1 N–H and O–H groups in total. The van der Waals surface area contributed by atoms with E-state index < -0.39 is 0 Å². The van der Waals surface area contributed by atoms with Crippen LogP contribution in [0.25, 0.3) is 0 Å². The van der Waals surface area contributed by atoms with Crippen molar-refractivity contribution in [3.63, 3.8) is 0 Å². The Hall–Kier alpha value is -0.730. The third-order valence-corrected chi connectivity index (χ3v) is 2.31. The molecule has 0 aliphatic heterocycles. The van der Waals surface area contributed by atoms with Gasteiger partial charge in [-0.2, -0.15) is 0 Å². The molecule has 1 aromatic rings. The van der Waals surface area contributed by atoms with Crippen LogP contribution in [0.1, 0.15) is 18.9 Å². The fraction of sp³-hybridized carbons (Fsp3) is 0.455. The summed E-state index contributed by atoms with van der Waals surface area (Å²) in [6.45, 7) is 1.77. The van der Waals surface area contributed by atoms with E-state index in [2.05, 4.69) is 0 Å². The number of rotatable bonds is 4. The van der Waals surface area contributed by atoms with Crippen molar-refractivity contribution in [3.8, 4) is 5.75 Å². The molecular formula is C11H15ClO2. The van der Waals surface area contributed by atoms with Crippen molar-refractivity contribution >= 4 is 11.6 Å². The second-order valence-corrected chi connectivity index (χ2v) is 3.78. The highest BCUT2D eigenvalue weighted by molar-refractivity contribution is 6.30. The molecule has 3 heteroatoms. The Morgan fingerprint density at radius 2 is 2.21 bits per heavy atom. The second-order valence-electron chi connectivity index (χ2n) is 3.34. The van der Waals surface area contributed by atoms with Crippen molar-refractivity contribution < 1.29 is 9.84 Å². The van der Waals surface area contributed by atoms with Crippen LogP contribution in [0.15, 0.2) is 18.2 Å². The Kier molecular flexibility index (Phi) is 4.23. The second kappa shape index (κ2) is 5.23. The van der Waals surface area contributed by atoms with Gasteiger partial charge in [0.1, 0.15) is 5.75 Å². The highest BCUT2D eigenvalue weighted by Gasteiger charge is 2.05. The summed E-state index contributed by atoms with van der Waals surface area (Å²) in [7, 11) is 1.63. The van der Waals surface area contributed by atoms with E-state index in [-0.39, 0.29) is 6.10 Å². The average Bonchev–Trinajstić information content (AvgIpc) is 2.15. The number of methoxy groups -OCH3 is 1. The number of hydrogen-bond acceptors (Lipinski definition) is 2. The highest BCUT2D eigenvalue weighted by Crippen LogP contribution is 2.24. The van der Waals surface area contributed by atoms with Crippen LogP contribution in [0.5, 0.6) is 5.75 Å². The van der Waals surface area contributed by atoms with Crippen LogP contribution < -0.4 is 4.74 Å². The normalized spacial score (nSPS) is 12.6. The fourth-order valence-corrected chi connectivity index (χ4v) is 1.50. The Morgan fingerprint density at radius 1 is 1.50 bits per heavy atom. The van der Waals surface area contributed by atoms with Gasteiger partial charge in [-0.25, -0.2) is 0 Å². The van der Waals surface area contributed by atoms with Crippen LogP contribution in [0.4, 0.5) is 0 Å². The molecule has 0 saturated carbocycles. The molecule has 0 aliphatic carbocycles. The first-order valence-corrected chi connectivity index (χ1v) is 5.01. The lowest BCUT2D eigenvalue weighted by molar-refractivity contribution is 0.184. The molecule has 0 fully saturated rings. The summed E-state index contributed by atoms with van der Waals surface area (Å²) in [5.41, 5.74) is 1.04. The van der Waals surface area contributed by atoms with Gasteiger partial charge < -0.3 is 9.84 Å². The number of aliphatic hydroxyl groups is 1. The molecule has 0 amide bonds. The van der Waals surface area contributed by atoms with E-state index in [0.717, 1.165) is 24.2 Å². The lowest BCUT2D eigenvalue weighted by atomic mass is 10.1. The number of aliphatic hydroxyl groups excluding tert-OH is 1. The maximum atomic E-state index is 9.17. The molecule has 1 aromatic carbocycles. The van der Waals surface area contributed by atoms with Gasteiger partial charge in [0.25, 0.3) is 0 Å². The molecule has 0 heterocycles. The van der Waals surface area contributed by atoms with Crippen molar-refractivity contribution in [1.82, 2.24) is 0 Å². The van der Waals surface area contributed by atoms with Gasteiger partial charge in [-0.05, 0) is 43.5 Å². The van der Waals surface area contributed by atoms with Crippen molar-refractivity contribution in [2.75, 3.05) is 7.11 Å². The van der Waals surface area contributed by atoms with Crippen molar-refractivity contribution in [2.24, 2.45) is 0 Å².